The van der Waals surface area contributed by atoms with Crippen molar-refractivity contribution in [3.05, 3.63) is 59.2 Å². The average molecular weight is 488 g/mol. The van der Waals surface area contributed by atoms with Crippen molar-refractivity contribution in [2.75, 3.05) is 46.1 Å². The van der Waals surface area contributed by atoms with Gasteiger partial charge in [-0.05, 0) is 48.2 Å². The average Bonchev–Trinajstić information content (AvgIpc) is 2.88. The van der Waals surface area contributed by atoms with Gasteiger partial charge in [0.05, 0.1) is 19.3 Å². The number of aryl methyl sites for hydroxylation is 1. The summed E-state index contributed by atoms with van der Waals surface area (Å²) >= 11 is 0. The maximum absolute atomic E-state index is 10.3. The fourth-order valence-corrected chi connectivity index (χ4v) is 3.97. The molecule has 2 N–H and O–H groups in total. The van der Waals surface area contributed by atoms with Crippen LogP contribution in [-0.2, 0) is 10.2 Å². The first-order valence-electron chi connectivity index (χ1n) is 12.9. The maximum Gasteiger partial charge on any atom is 0.122 e. The van der Waals surface area contributed by atoms with Crippen molar-refractivity contribution in [2.45, 2.75) is 65.6 Å². The van der Waals surface area contributed by atoms with E-state index in [1.807, 2.05) is 45.9 Å². The number of ether oxygens (including phenoxy) is 3. The Labute approximate surface area is 211 Å². The lowest BCUT2D eigenvalue weighted by atomic mass is 9.77. The van der Waals surface area contributed by atoms with Crippen molar-refractivity contribution < 1.29 is 24.4 Å². The molecule has 1 aliphatic rings. The van der Waals surface area contributed by atoms with Gasteiger partial charge in [0.25, 0.3) is 0 Å². The Morgan fingerprint density at radius 1 is 0.914 bits per heavy atom. The van der Waals surface area contributed by atoms with E-state index < -0.39 is 12.2 Å². The summed E-state index contributed by atoms with van der Waals surface area (Å²) in [6.45, 7) is 16.7. The molecule has 0 bridgehead atoms. The van der Waals surface area contributed by atoms with Crippen molar-refractivity contribution in [3.63, 3.8) is 0 Å². The molecule has 0 spiro atoms. The first kappa shape index (κ1) is 29.1. The second-order valence-corrected chi connectivity index (χ2v) is 9.38. The van der Waals surface area contributed by atoms with Crippen molar-refractivity contribution in [1.82, 2.24) is 4.90 Å². The second kappa shape index (κ2) is 14.4. The van der Waals surface area contributed by atoms with Crippen molar-refractivity contribution in [3.8, 4) is 11.5 Å². The number of hydrogen-bond donors (Lipinski definition) is 2. The molecule has 2 aromatic carbocycles. The van der Waals surface area contributed by atoms with E-state index in [2.05, 4.69) is 43.0 Å². The summed E-state index contributed by atoms with van der Waals surface area (Å²) in [5.74, 6) is 1.56. The highest BCUT2D eigenvalue weighted by Gasteiger charge is 2.24. The van der Waals surface area contributed by atoms with Gasteiger partial charge in [-0.2, -0.15) is 0 Å². The minimum Gasteiger partial charge on any atom is -0.491 e. The first-order chi connectivity index (χ1) is 16.8. The molecule has 1 heterocycles. The molecule has 196 valence electrons. The third kappa shape index (κ3) is 8.80. The summed E-state index contributed by atoms with van der Waals surface area (Å²) in [5.41, 5.74) is 3.23. The summed E-state index contributed by atoms with van der Waals surface area (Å²) in [5, 5.41) is 20.0. The number of hydrogen-bond acceptors (Lipinski definition) is 6. The predicted octanol–water partition coefficient (Wildman–Crippen LogP) is 4.57. The van der Waals surface area contributed by atoms with Gasteiger partial charge in [-0.3, -0.25) is 4.90 Å². The smallest absolute Gasteiger partial charge is 0.122 e. The van der Waals surface area contributed by atoms with Gasteiger partial charge in [-0.25, -0.2) is 0 Å². The molecule has 0 aromatic heterocycles. The number of aliphatic hydroxyl groups excluding tert-OH is 2. The van der Waals surface area contributed by atoms with Crippen LogP contribution in [0.3, 0.4) is 0 Å². The zero-order chi connectivity index (χ0) is 25.8. The molecule has 35 heavy (non-hydrogen) atoms. The molecule has 0 amide bonds. The van der Waals surface area contributed by atoms with E-state index in [0.29, 0.717) is 19.6 Å². The Balaban J connectivity index is 0.00000210. The van der Waals surface area contributed by atoms with Gasteiger partial charge in [-0.15, -0.1) is 0 Å². The number of aliphatic hydroxyl groups is 2. The predicted molar refractivity (Wildman–Crippen MR) is 142 cm³/mol. The van der Waals surface area contributed by atoms with E-state index in [9.17, 15) is 10.2 Å². The second-order valence-electron chi connectivity index (χ2n) is 9.38. The quantitative estimate of drug-likeness (QED) is 0.484. The Bertz CT molecular complexity index is 862. The van der Waals surface area contributed by atoms with Crippen LogP contribution in [0.1, 0.15) is 57.7 Å². The monoisotopic (exact) mass is 487 g/mol. The van der Waals surface area contributed by atoms with Crippen LogP contribution in [0.4, 0.5) is 0 Å². The minimum atomic E-state index is -0.527. The van der Waals surface area contributed by atoms with Crippen LogP contribution in [0, 0.1) is 6.92 Å². The van der Waals surface area contributed by atoms with Gasteiger partial charge >= 0.3 is 0 Å². The summed E-state index contributed by atoms with van der Waals surface area (Å²) in [7, 11) is 0. The van der Waals surface area contributed by atoms with E-state index >= 15 is 0 Å². The molecule has 2 atom stereocenters. The van der Waals surface area contributed by atoms with Crippen LogP contribution in [-0.4, -0.2) is 73.4 Å². The lowest BCUT2D eigenvalue weighted by Crippen LogP contribution is -2.42. The number of nitrogens with zero attached hydrogens (tertiary/aromatic N) is 1. The van der Waals surface area contributed by atoms with E-state index in [4.69, 9.17) is 14.2 Å². The van der Waals surface area contributed by atoms with Crippen LogP contribution < -0.4 is 9.47 Å². The summed E-state index contributed by atoms with van der Waals surface area (Å²) in [4.78, 5) is 2.20. The van der Waals surface area contributed by atoms with E-state index in [-0.39, 0.29) is 12.0 Å². The fraction of sp³-hybridized carbons (Fsp3) is 0.586. The van der Waals surface area contributed by atoms with Gasteiger partial charge in [0.2, 0.25) is 0 Å². The number of benzene rings is 2. The number of morpholine rings is 1. The van der Waals surface area contributed by atoms with E-state index in [1.54, 1.807) is 0 Å². The molecule has 2 aromatic rings. The van der Waals surface area contributed by atoms with Gasteiger partial charge in [0, 0.05) is 25.0 Å². The van der Waals surface area contributed by atoms with Gasteiger partial charge in [0.1, 0.15) is 30.8 Å². The van der Waals surface area contributed by atoms with Crippen molar-refractivity contribution in [2.24, 2.45) is 0 Å². The van der Waals surface area contributed by atoms with Crippen molar-refractivity contribution >= 4 is 0 Å². The fourth-order valence-electron chi connectivity index (χ4n) is 3.97. The lowest BCUT2D eigenvalue weighted by molar-refractivity contribution is 0.00465. The standard InChI is InChI=1S/C27H39NO5.C2H6/c1-5-23(29)18-33-26-11-8-22(16-20(26)2)27(3,4)21-6-9-25(10-7-21)32-19-24(30)17-28-12-14-31-15-13-28;1-2/h6-11,16,23-24,29-30H,5,12-15,17-19H2,1-4H3;1-2H3. The Morgan fingerprint density at radius 3 is 2.11 bits per heavy atom. The third-order valence-corrected chi connectivity index (χ3v) is 6.39. The largest absolute Gasteiger partial charge is 0.491 e. The molecule has 0 saturated carbocycles. The molecule has 2 unspecified atom stereocenters. The SMILES string of the molecule is CC.CCC(O)COc1ccc(C(C)(C)c2ccc(OCC(O)CN3CCOCC3)cc2)cc1C. The summed E-state index contributed by atoms with van der Waals surface area (Å²) < 4.78 is 17.0. The topological polar surface area (TPSA) is 71.4 Å². The molecular formula is C29H45NO5. The zero-order valence-corrected chi connectivity index (χ0v) is 22.4. The van der Waals surface area contributed by atoms with Gasteiger partial charge in [0.15, 0.2) is 0 Å². The van der Waals surface area contributed by atoms with Crippen LogP contribution >= 0.6 is 0 Å². The first-order valence-corrected chi connectivity index (χ1v) is 12.9. The summed E-state index contributed by atoms with van der Waals surface area (Å²) in [6.07, 6.45) is -0.292. The lowest BCUT2D eigenvalue weighted by Gasteiger charge is -2.28. The van der Waals surface area contributed by atoms with E-state index in [1.165, 1.54) is 11.1 Å². The minimum absolute atomic E-state index is 0.194. The molecule has 1 saturated heterocycles. The molecule has 1 aliphatic heterocycles. The van der Waals surface area contributed by atoms with Crippen LogP contribution in [0.2, 0.25) is 0 Å². The van der Waals surface area contributed by atoms with E-state index in [0.717, 1.165) is 43.4 Å². The number of β-amino-alcohol motifs (C(OH)–C–C–N with tert-alkyl or cyclic N) is 1. The molecule has 6 nitrogen and oxygen atoms in total. The van der Waals surface area contributed by atoms with Gasteiger partial charge in [-0.1, -0.05) is 58.9 Å². The van der Waals surface area contributed by atoms with Crippen LogP contribution in [0.5, 0.6) is 11.5 Å². The highest BCUT2D eigenvalue weighted by molar-refractivity contribution is 5.45. The molecule has 3 rings (SSSR count). The Morgan fingerprint density at radius 2 is 1.51 bits per heavy atom. The molecule has 0 radical (unpaired) electrons. The summed E-state index contributed by atoms with van der Waals surface area (Å²) in [6, 6.07) is 14.3. The Kier molecular flexibility index (Phi) is 12.0. The van der Waals surface area contributed by atoms with Crippen molar-refractivity contribution in [1.29, 1.82) is 0 Å². The van der Waals surface area contributed by atoms with Crippen LogP contribution in [0.15, 0.2) is 42.5 Å². The Hall–Kier alpha value is -2.12. The van der Waals surface area contributed by atoms with Crippen LogP contribution in [0.25, 0.3) is 0 Å². The normalized spacial score (nSPS) is 16.1. The molecule has 1 fully saturated rings. The highest BCUT2D eigenvalue weighted by Crippen LogP contribution is 2.34. The molecular weight excluding hydrogens is 442 g/mol. The third-order valence-electron chi connectivity index (χ3n) is 6.39. The molecule has 0 aliphatic carbocycles. The zero-order valence-electron chi connectivity index (χ0n) is 22.4. The molecule has 6 heteroatoms. The van der Waals surface area contributed by atoms with Gasteiger partial charge < -0.3 is 24.4 Å². The number of rotatable bonds is 11. The highest BCUT2D eigenvalue weighted by atomic mass is 16.5. The maximum atomic E-state index is 10.3.